The van der Waals surface area contributed by atoms with Gasteiger partial charge < -0.3 is 14.2 Å². The Morgan fingerprint density at radius 2 is 2.00 bits per heavy atom. The van der Waals surface area contributed by atoms with Crippen molar-refractivity contribution in [3.8, 4) is 11.7 Å². The van der Waals surface area contributed by atoms with Gasteiger partial charge in [0, 0.05) is 5.69 Å². The Morgan fingerprint density at radius 1 is 1.21 bits per heavy atom. The van der Waals surface area contributed by atoms with E-state index in [4.69, 9.17) is 8.83 Å². The first-order valence-electron chi connectivity index (χ1n) is 7.52. The van der Waals surface area contributed by atoms with Crippen LogP contribution in [0, 0.1) is 0 Å². The van der Waals surface area contributed by atoms with Crippen LogP contribution < -0.4 is 5.32 Å². The Bertz CT molecular complexity index is 795. The Labute approximate surface area is 143 Å². The van der Waals surface area contributed by atoms with Crippen molar-refractivity contribution in [2.75, 3.05) is 11.1 Å². The van der Waals surface area contributed by atoms with Gasteiger partial charge in [-0.05, 0) is 35.7 Å². The maximum Gasteiger partial charge on any atom is 0.284 e. The summed E-state index contributed by atoms with van der Waals surface area (Å²) >= 11 is 1.18. The first-order chi connectivity index (χ1) is 11.6. The van der Waals surface area contributed by atoms with E-state index in [0.717, 1.165) is 5.69 Å². The number of hydrogen-bond donors (Lipinski definition) is 1. The van der Waals surface area contributed by atoms with Crippen LogP contribution >= 0.6 is 11.8 Å². The van der Waals surface area contributed by atoms with Crippen molar-refractivity contribution in [3.63, 3.8) is 0 Å². The van der Waals surface area contributed by atoms with Crippen molar-refractivity contribution in [1.82, 2.24) is 10.2 Å². The first-order valence-corrected chi connectivity index (χ1v) is 8.50. The highest BCUT2D eigenvalue weighted by Crippen LogP contribution is 2.23. The van der Waals surface area contributed by atoms with Crippen LogP contribution in [0.2, 0.25) is 0 Å². The molecule has 0 atom stereocenters. The zero-order valence-corrected chi connectivity index (χ0v) is 14.2. The number of nitrogens with zero attached hydrogens (tertiary/aromatic N) is 2. The summed E-state index contributed by atoms with van der Waals surface area (Å²) < 4.78 is 10.6. The molecule has 2 aromatic heterocycles. The standard InChI is InChI=1S/C17H17N3O3S/c1-11(2)12-5-7-13(8-6-12)18-15(21)10-24-17-20-19-16(23-17)14-4-3-9-22-14/h3-9,11H,10H2,1-2H3,(H,18,21). The number of anilines is 1. The molecule has 7 heteroatoms. The van der Waals surface area contributed by atoms with Crippen LogP contribution in [0.1, 0.15) is 25.3 Å². The van der Waals surface area contributed by atoms with E-state index in [0.29, 0.717) is 22.8 Å². The molecule has 2 heterocycles. The maximum atomic E-state index is 12.0. The molecular formula is C17H17N3O3S. The highest BCUT2D eigenvalue weighted by molar-refractivity contribution is 7.99. The van der Waals surface area contributed by atoms with Crippen LogP contribution in [-0.4, -0.2) is 21.9 Å². The summed E-state index contributed by atoms with van der Waals surface area (Å²) in [5, 5.41) is 10.9. The fourth-order valence-electron chi connectivity index (χ4n) is 2.04. The second-order valence-corrected chi connectivity index (χ2v) is 6.39. The fourth-order valence-corrected chi connectivity index (χ4v) is 2.61. The summed E-state index contributed by atoms with van der Waals surface area (Å²) in [5.74, 6) is 1.32. The molecule has 0 aliphatic heterocycles. The summed E-state index contributed by atoms with van der Waals surface area (Å²) in [6.45, 7) is 4.26. The Hall–Kier alpha value is -2.54. The molecule has 0 aliphatic carbocycles. The SMILES string of the molecule is CC(C)c1ccc(NC(=O)CSc2nnc(-c3ccco3)o2)cc1. The minimum Gasteiger partial charge on any atom is -0.459 e. The van der Waals surface area contributed by atoms with E-state index in [9.17, 15) is 4.79 Å². The predicted molar refractivity (Wildman–Crippen MR) is 91.9 cm³/mol. The summed E-state index contributed by atoms with van der Waals surface area (Å²) in [4.78, 5) is 12.0. The largest absolute Gasteiger partial charge is 0.459 e. The van der Waals surface area contributed by atoms with Gasteiger partial charge in [-0.1, -0.05) is 37.7 Å². The molecule has 0 spiro atoms. The van der Waals surface area contributed by atoms with Gasteiger partial charge in [0.25, 0.3) is 11.1 Å². The van der Waals surface area contributed by atoms with Gasteiger partial charge >= 0.3 is 0 Å². The van der Waals surface area contributed by atoms with E-state index in [2.05, 4.69) is 29.4 Å². The van der Waals surface area contributed by atoms with Gasteiger partial charge in [0.2, 0.25) is 5.91 Å². The first kappa shape index (κ1) is 16.3. The quantitative estimate of drug-likeness (QED) is 0.676. The van der Waals surface area contributed by atoms with Gasteiger partial charge in [-0.2, -0.15) is 0 Å². The summed E-state index contributed by atoms with van der Waals surface area (Å²) in [6, 6.07) is 11.3. The summed E-state index contributed by atoms with van der Waals surface area (Å²) in [6.07, 6.45) is 1.53. The van der Waals surface area contributed by atoms with Gasteiger partial charge in [-0.25, -0.2) is 0 Å². The molecule has 0 fully saturated rings. The number of carbonyl (C=O) groups is 1. The Balaban J connectivity index is 1.52. The lowest BCUT2D eigenvalue weighted by Gasteiger charge is -2.07. The highest BCUT2D eigenvalue weighted by atomic mass is 32.2. The van der Waals surface area contributed by atoms with Gasteiger partial charge in [0.05, 0.1) is 12.0 Å². The molecule has 0 unspecified atom stereocenters. The molecule has 0 saturated carbocycles. The second kappa shape index (κ2) is 7.35. The van der Waals surface area contributed by atoms with Crippen LogP contribution in [0.4, 0.5) is 5.69 Å². The van der Waals surface area contributed by atoms with Crippen molar-refractivity contribution >= 4 is 23.4 Å². The van der Waals surface area contributed by atoms with Gasteiger partial charge in [-0.15, -0.1) is 10.2 Å². The second-order valence-electron chi connectivity index (χ2n) is 5.46. The molecule has 124 valence electrons. The van der Waals surface area contributed by atoms with Crippen LogP contribution in [0.5, 0.6) is 0 Å². The smallest absolute Gasteiger partial charge is 0.284 e. The number of furan rings is 1. The highest BCUT2D eigenvalue weighted by Gasteiger charge is 2.13. The number of thioether (sulfide) groups is 1. The number of nitrogens with one attached hydrogen (secondary N) is 1. The average molecular weight is 343 g/mol. The summed E-state index contributed by atoms with van der Waals surface area (Å²) in [7, 11) is 0. The van der Waals surface area contributed by atoms with Gasteiger partial charge in [0.15, 0.2) is 5.76 Å². The van der Waals surface area contributed by atoms with Crippen LogP contribution in [0.3, 0.4) is 0 Å². The monoisotopic (exact) mass is 343 g/mol. The average Bonchev–Trinajstić information content (AvgIpc) is 3.25. The zero-order chi connectivity index (χ0) is 16.9. The van der Waals surface area contributed by atoms with E-state index in [1.54, 1.807) is 12.1 Å². The Kier molecular flexibility index (Phi) is 5.00. The topological polar surface area (TPSA) is 81.2 Å². The molecule has 0 aliphatic rings. The van der Waals surface area contributed by atoms with Crippen molar-refractivity contribution < 1.29 is 13.6 Å². The molecule has 1 N–H and O–H groups in total. The van der Waals surface area contributed by atoms with Crippen molar-refractivity contribution in [2.45, 2.75) is 25.0 Å². The normalized spacial score (nSPS) is 11.0. The molecule has 1 aromatic carbocycles. The summed E-state index contributed by atoms with van der Waals surface area (Å²) in [5.41, 5.74) is 2.01. The zero-order valence-electron chi connectivity index (χ0n) is 13.4. The van der Waals surface area contributed by atoms with E-state index in [1.807, 2.05) is 24.3 Å². The molecule has 1 amide bonds. The minimum absolute atomic E-state index is 0.130. The third-order valence-electron chi connectivity index (χ3n) is 3.33. The van der Waals surface area contributed by atoms with Gasteiger partial charge in [-0.3, -0.25) is 4.79 Å². The molecule has 0 bridgehead atoms. The molecule has 3 aromatic rings. The lowest BCUT2D eigenvalue weighted by Crippen LogP contribution is -2.14. The van der Waals surface area contributed by atoms with Crippen LogP contribution in [-0.2, 0) is 4.79 Å². The third kappa shape index (κ3) is 4.05. The van der Waals surface area contributed by atoms with Crippen molar-refractivity contribution in [2.24, 2.45) is 0 Å². The molecular weight excluding hydrogens is 326 g/mol. The number of rotatable bonds is 6. The fraction of sp³-hybridized carbons (Fsp3) is 0.235. The number of hydrogen-bond acceptors (Lipinski definition) is 6. The number of carbonyl (C=O) groups excluding carboxylic acids is 1. The lowest BCUT2D eigenvalue weighted by molar-refractivity contribution is -0.113. The van der Waals surface area contributed by atoms with E-state index in [-0.39, 0.29) is 11.7 Å². The van der Waals surface area contributed by atoms with Crippen LogP contribution in [0.15, 0.2) is 56.7 Å². The van der Waals surface area contributed by atoms with Gasteiger partial charge in [0.1, 0.15) is 0 Å². The van der Waals surface area contributed by atoms with Crippen molar-refractivity contribution in [3.05, 3.63) is 48.2 Å². The number of benzene rings is 1. The van der Waals surface area contributed by atoms with Crippen LogP contribution in [0.25, 0.3) is 11.7 Å². The van der Waals surface area contributed by atoms with Crippen molar-refractivity contribution in [1.29, 1.82) is 0 Å². The molecule has 0 saturated heterocycles. The maximum absolute atomic E-state index is 12.0. The minimum atomic E-state index is -0.130. The number of amides is 1. The molecule has 24 heavy (non-hydrogen) atoms. The predicted octanol–water partition coefficient (Wildman–Crippen LogP) is 4.18. The number of aromatic nitrogens is 2. The lowest BCUT2D eigenvalue weighted by atomic mass is 10.0. The van der Waals surface area contributed by atoms with E-state index < -0.39 is 0 Å². The molecule has 0 radical (unpaired) electrons. The van der Waals surface area contributed by atoms with E-state index >= 15 is 0 Å². The molecule has 6 nitrogen and oxygen atoms in total. The van der Waals surface area contributed by atoms with E-state index in [1.165, 1.54) is 23.6 Å². The third-order valence-corrected chi connectivity index (χ3v) is 4.14. The molecule has 3 rings (SSSR count). The Morgan fingerprint density at radius 3 is 2.67 bits per heavy atom.